The quantitative estimate of drug-likeness (QED) is 0.634. The van der Waals surface area contributed by atoms with Gasteiger partial charge in [0, 0.05) is 0 Å². The highest BCUT2D eigenvalue weighted by Crippen LogP contribution is 2.38. The predicted molar refractivity (Wildman–Crippen MR) is 54.9 cm³/mol. The molecule has 0 spiro atoms. The van der Waals surface area contributed by atoms with Crippen LogP contribution < -0.4 is 0 Å². The largest absolute Gasteiger partial charge is 0.469 e. The summed E-state index contributed by atoms with van der Waals surface area (Å²) in [6, 6.07) is 0.450. The molecule has 0 radical (unpaired) electrons. The number of halogens is 6. The SMILES string of the molecule is COC(=O)Cc1cc(C(F)(F)F)c(Cl)c(C(F)F)n1. The minimum atomic E-state index is -4.92. The second-order valence-electron chi connectivity index (χ2n) is 3.41. The summed E-state index contributed by atoms with van der Waals surface area (Å²) in [5.74, 6) is -0.900. The number of aromatic nitrogens is 1. The number of hydrogen-bond donors (Lipinski definition) is 0. The normalized spacial score (nSPS) is 11.8. The van der Waals surface area contributed by atoms with E-state index in [-0.39, 0.29) is 0 Å². The molecule has 0 amide bonds. The van der Waals surface area contributed by atoms with Gasteiger partial charge in [-0.3, -0.25) is 4.79 Å². The van der Waals surface area contributed by atoms with Gasteiger partial charge in [-0.05, 0) is 6.07 Å². The van der Waals surface area contributed by atoms with Gasteiger partial charge < -0.3 is 4.74 Å². The van der Waals surface area contributed by atoms with Crippen molar-refractivity contribution in [3.63, 3.8) is 0 Å². The molecule has 0 unspecified atom stereocenters. The van der Waals surface area contributed by atoms with Gasteiger partial charge in [0.25, 0.3) is 6.43 Å². The molecule has 3 nitrogen and oxygen atoms in total. The topological polar surface area (TPSA) is 39.2 Å². The van der Waals surface area contributed by atoms with Crippen LogP contribution >= 0.6 is 11.6 Å². The van der Waals surface area contributed by atoms with Crippen molar-refractivity contribution >= 4 is 17.6 Å². The summed E-state index contributed by atoms with van der Waals surface area (Å²) in [6.07, 6.45) is -8.86. The van der Waals surface area contributed by atoms with Gasteiger partial charge in [-0.15, -0.1) is 0 Å². The van der Waals surface area contributed by atoms with Gasteiger partial charge in [0.1, 0.15) is 5.69 Å². The molecular formula is C10H7ClF5NO2. The molecule has 0 bridgehead atoms. The van der Waals surface area contributed by atoms with E-state index in [9.17, 15) is 26.7 Å². The summed E-state index contributed by atoms with van der Waals surface area (Å²) in [7, 11) is 1.01. The number of carbonyl (C=O) groups excluding carboxylic acids is 1. The number of hydrogen-bond acceptors (Lipinski definition) is 3. The number of carbonyl (C=O) groups is 1. The van der Waals surface area contributed by atoms with E-state index in [1.807, 2.05) is 0 Å². The summed E-state index contributed by atoms with van der Waals surface area (Å²) in [5, 5.41) is -1.17. The maximum Gasteiger partial charge on any atom is 0.417 e. The first-order chi connectivity index (χ1) is 8.66. The number of methoxy groups -OCH3 is 1. The molecule has 0 aromatic carbocycles. The lowest BCUT2D eigenvalue weighted by Crippen LogP contribution is -2.13. The lowest BCUT2D eigenvalue weighted by Gasteiger charge is -2.13. The van der Waals surface area contributed by atoms with E-state index in [1.165, 1.54) is 0 Å². The molecule has 0 fully saturated rings. The fraction of sp³-hybridized carbons (Fsp3) is 0.400. The first kappa shape index (κ1) is 15.6. The van der Waals surface area contributed by atoms with Crippen LogP contribution in [0.3, 0.4) is 0 Å². The molecule has 0 saturated carbocycles. The fourth-order valence-electron chi connectivity index (χ4n) is 1.27. The molecule has 1 aromatic heterocycles. The highest BCUT2D eigenvalue weighted by atomic mass is 35.5. The van der Waals surface area contributed by atoms with Gasteiger partial charge in [0.2, 0.25) is 0 Å². The number of rotatable bonds is 3. The van der Waals surface area contributed by atoms with Gasteiger partial charge in [-0.2, -0.15) is 13.2 Å². The summed E-state index contributed by atoms with van der Waals surface area (Å²) in [6.45, 7) is 0. The van der Waals surface area contributed by atoms with Crippen molar-refractivity contribution < 1.29 is 31.5 Å². The highest BCUT2D eigenvalue weighted by Gasteiger charge is 2.36. The van der Waals surface area contributed by atoms with Gasteiger partial charge in [-0.25, -0.2) is 13.8 Å². The van der Waals surface area contributed by atoms with Gasteiger partial charge in [0.15, 0.2) is 0 Å². The molecule has 0 aliphatic heterocycles. The Morgan fingerprint density at radius 3 is 2.47 bits per heavy atom. The van der Waals surface area contributed by atoms with Crippen molar-refractivity contribution in [3.05, 3.63) is 28.0 Å². The van der Waals surface area contributed by atoms with Gasteiger partial charge in [0.05, 0.1) is 29.8 Å². The van der Waals surface area contributed by atoms with E-state index >= 15 is 0 Å². The van der Waals surface area contributed by atoms with Crippen LogP contribution in [0.4, 0.5) is 22.0 Å². The third-order valence-corrected chi connectivity index (χ3v) is 2.50. The van der Waals surface area contributed by atoms with Crippen LogP contribution in [0.1, 0.15) is 23.4 Å². The Hall–Kier alpha value is -1.44. The first-order valence-corrected chi connectivity index (χ1v) is 5.16. The molecule has 0 aliphatic carbocycles. The molecule has 0 saturated heterocycles. The third kappa shape index (κ3) is 3.76. The number of pyridine rings is 1. The number of ether oxygens (including phenoxy) is 1. The van der Waals surface area contributed by atoms with Crippen molar-refractivity contribution in [1.82, 2.24) is 4.98 Å². The summed E-state index contributed by atoms with van der Waals surface area (Å²) < 4.78 is 67.2. The average molecular weight is 304 g/mol. The number of esters is 1. The number of nitrogens with zero attached hydrogens (tertiary/aromatic N) is 1. The zero-order chi connectivity index (χ0) is 14.8. The Labute approximate surface area is 109 Å². The molecule has 106 valence electrons. The van der Waals surface area contributed by atoms with Crippen LogP contribution in [0.15, 0.2) is 6.07 Å². The Balaban J connectivity index is 3.35. The van der Waals surface area contributed by atoms with Gasteiger partial charge >= 0.3 is 12.1 Å². The van der Waals surface area contributed by atoms with Crippen LogP contribution in [0.25, 0.3) is 0 Å². The smallest absolute Gasteiger partial charge is 0.417 e. The van der Waals surface area contributed by atoms with Gasteiger partial charge in [-0.1, -0.05) is 11.6 Å². The number of alkyl halides is 5. The van der Waals surface area contributed by atoms with Crippen LogP contribution in [-0.2, 0) is 22.1 Å². The fourth-order valence-corrected chi connectivity index (χ4v) is 1.55. The van der Waals surface area contributed by atoms with E-state index in [0.29, 0.717) is 6.07 Å². The third-order valence-electron chi connectivity index (χ3n) is 2.10. The monoisotopic (exact) mass is 303 g/mol. The minimum absolute atomic E-state index is 0.450. The van der Waals surface area contributed by atoms with E-state index < -0.39 is 47.0 Å². The first-order valence-electron chi connectivity index (χ1n) is 4.78. The molecule has 0 aliphatic rings. The standard InChI is InChI=1S/C10H7ClF5NO2/c1-19-6(18)3-4-2-5(10(14,15)16)7(11)8(17-4)9(12)13/h2,9H,3H2,1H3. The summed E-state index contributed by atoms with van der Waals surface area (Å²) >= 11 is 5.25. The predicted octanol–water partition coefficient (Wildman–Crippen LogP) is 3.41. The molecule has 19 heavy (non-hydrogen) atoms. The molecule has 9 heteroatoms. The molecule has 1 aromatic rings. The second kappa shape index (κ2) is 5.68. The Kier molecular flexibility index (Phi) is 4.67. The molecular weight excluding hydrogens is 297 g/mol. The molecule has 0 N–H and O–H groups in total. The van der Waals surface area contributed by atoms with Crippen LogP contribution in [0.5, 0.6) is 0 Å². The van der Waals surface area contributed by atoms with Crippen LogP contribution in [0, 0.1) is 0 Å². The van der Waals surface area contributed by atoms with E-state index in [1.54, 1.807) is 0 Å². The maximum atomic E-state index is 12.6. The minimum Gasteiger partial charge on any atom is -0.469 e. The highest BCUT2D eigenvalue weighted by molar-refractivity contribution is 6.32. The van der Waals surface area contributed by atoms with Crippen molar-refractivity contribution in [2.45, 2.75) is 19.0 Å². The Morgan fingerprint density at radius 1 is 1.47 bits per heavy atom. The summed E-state index contributed by atoms with van der Waals surface area (Å²) in [5.41, 5.74) is -3.16. The van der Waals surface area contributed by atoms with Crippen LogP contribution in [0.2, 0.25) is 5.02 Å². The van der Waals surface area contributed by atoms with Crippen molar-refractivity contribution in [1.29, 1.82) is 0 Å². The zero-order valence-electron chi connectivity index (χ0n) is 9.39. The molecule has 1 heterocycles. The van der Waals surface area contributed by atoms with Crippen molar-refractivity contribution in [2.24, 2.45) is 0 Å². The molecule has 1 rings (SSSR count). The lowest BCUT2D eigenvalue weighted by atomic mass is 10.1. The maximum absolute atomic E-state index is 12.6. The summed E-state index contributed by atoms with van der Waals surface area (Å²) in [4.78, 5) is 14.2. The van der Waals surface area contributed by atoms with E-state index in [2.05, 4.69) is 9.72 Å². The lowest BCUT2D eigenvalue weighted by molar-refractivity contribution is -0.140. The van der Waals surface area contributed by atoms with Crippen molar-refractivity contribution in [3.8, 4) is 0 Å². The Bertz CT molecular complexity index is 490. The van der Waals surface area contributed by atoms with E-state index in [4.69, 9.17) is 11.6 Å². The second-order valence-corrected chi connectivity index (χ2v) is 3.79. The van der Waals surface area contributed by atoms with Crippen molar-refractivity contribution in [2.75, 3.05) is 7.11 Å². The average Bonchev–Trinajstić information content (AvgIpc) is 2.29. The Morgan fingerprint density at radius 2 is 2.05 bits per heavy atom. The van der Waals surface area contributed by atoms with Crippen LogP contribution in [-0.4, -0.2) is 18.1 Å². The molecule has 0 atom stereocenters. The van der Waals surface area contributed by atoms with E-state index in [0.717, 1.165) is 7.11 Å². The zero-order valence-corrected chi connectivity index (χ0v) is 10.1.